The Morgan fingerprint density at radius 1 is 1.22 bits per heavy atom. The minimum atomic E-state index is 0.292. The van der Waals surface area contributed by atoms with Gasteiger partial charge in [0.15, 0.2) is 0 Å². The van der Waals surface area contributed by atoms with Crippen molar-refractivity contribution in [3.63, 3.8) is 0 Å². The van der Waals surface area contributed by atoms with Crippen LogP contribution in [0.4, 0.5) is 0 Å². The molecule has 94 valence electrons. The molecule has 1 N–H and O–H groups in total. The number of hydrogen-bond donors (Lipinski definition) is 1. The standard InChI is InChI=1S/C15H18N2O/c1-16-15(10-12-4-3-9-17-11-12)13-5-7-14(18-2)8-6-13/h3-9,11,15-16H,10H2,1-2H3. The fourth-order valence-corrected chi connectivity index (χ4v) is 1.98. The first-order chi connectivity index (χ1) is 8.83. The molecule has 0 aliphatic carbocycles. The van der Waals surface area contributed by atoms with E-state index in [-0.39, 0.29) is 0 Å². The molecule has 2 aromatic rings. The van der Waals surface area contributed by atoms with E-state index in [1.165, 1.54) is 11.1 Å². The molecule has 0 amide bonds. The molecule has 0 aliphatic rings. The highest BCUT2D eigenvalue weighted by molar-refractivity contribution is 5.30. The predicted molar refractivity (Wildman–Crippen MR) is 72.7 cm³/mol. The van der Waals surface area contributed by atoms with Gasteiger partial charge in [0.1, 0.15) is 5.75 Å². The topological polar surface area (TPSA) is 34.2 Å². The Morgan fingerprint density at radius 2 is 2.00 bits per heavy atom. The lowest BCUT2D eigenvalue weighted by Crippen LogP contribution is -2.18. The summed E-state index contributed by atoms with van der Waals surface area (Å²) in [5.74, 6) is 0.884. The predicted octanol–water partition coefficient (Wildman–Crippen LogP) is 2.59. The van der Waals surface area contributed by atoms with Crippen LogP contribution in [-0.2, 0) is 6.42 Å². The van der Waals surface area contributed by atoms with Gasteiger partial charge in [-0.3, -0.25) is 4.98 Å². The number of likely N-dealkylation sites (N-methyl/N-ethyl adjacent to an activating group) is 1. The fraction of sp³-hybridized carbons (Fsp3) is 0.267. The van der Waals surface area contributed by atoms with E-state index in [4.69, 9.17) is 4.74 Å². The molecular formula is C15H18N2O. The summed E-state index contributed by atoms with van der Waals surface area (Å²) in [6.45, 7) is 0. The van der Waals surface area contributed by atoms with Crippen LogP contribution < -0.4 is 10.1 Å². The monoisotopic (exact) mass is 242 g/mol. The molecule has 1 aromatic heterocycles. The number of nitrogens with one attached hydrogen (secondary N) is 1. The van der Waals surface area contributed by atoms with E-state index in [9.17, 15) is 0 Å². The lowest BCUT2D eigenvalue weighted by Gasteiger charge is -2.17. The highest BCUT2D eigenvalue weighted by atomic mass is 16.5. The Kier molecular flexibility index (Phi) is 4.31. The largest absolute Gasteiger partial charge is 0.497 e. The Morgan fingerprint density at radius 3 is 2.56 bits per heavy atom. The minimum absolute atomic E-state index is 0.292. The van der Waals surface area contributed by atoms with Gasteiger partial charge in [0.25, 0.3) is 0 Å². The SMILES string of the molecule is CNC(Cc1cccnc1)c1ccc(OC)cc1. The van der Waals surface area contributed by atoms with Crippen molar-refractivity contribution in [3.8, 4) is 5.75 Å². The fourth-order valence-electron chi connectivity index (χ4n) is 1.98. The highest BCUT2D eigenvalue weighted by Crippen LogP contribution is 2.20. The number of hydrogen-bond acceptors (Lipinski definition) is 3. The molecule has 2 rings (SSSR count). The van der Waals surface area contributed by atoms with E-state index in [2.05, 4.69) is 28.5 Å². The number of rotatable bonds is 5. The first kappa shape index (κ1) is 12.6. The molecule has 1 heterocycles. The van der Waals surface area contributed by atoms with Gasteiger partial charge in [-0.05, 0) is 42.8 Å². The number of methoxy groups -OCH3 is 1. The van der Waals surface area contributed by atoms with Crippen molar-refractivity contribution in [1.29, 1.82) is 0 Å². The third kappa shape index (κ3) is 3.08. The molecule has 0 fully saturated rings. The van der Waals surface area contributed by atoms with E-state index in [0.717, 1.165) is 12.2 Å². The molecule has 1 unspecified atom stereocenters. The Hall–Kier alpha value is -1.87. The van der Waals surface area contributed by atoms with Gasteiger partial charge < -0.3 is 10.1 Å². The summed E-state index contributed by atoms with van der Waals surface area (Å²) in [5.41, 5.74) is 2.48. The third-order valence-electron chi connectivity index (χ3n) is 3.03. The second-order valence-corrected chi connectivity index (χ2v) is 4.18. The Labute approximate surface area is 108 Å². The van der Waals surface area contributed by atoms with Gasteiger partial charge in [-0.2, -0.15) is 0 Å². The molecule has 1 atom stereocenters. The van der Waals surface area contributed by atoms with Crippen LogP contribution in [0, 0.1) is 0 Å². The van der Waals surface area contributed by atoms with Crippen LogP contribution in [0.25, 0.3) is 0 Å². The van der Waals surface area contributed by atoms with Gasteiger partial charge in [0.2, 0.25) is 0 Å². The van der Waals surface area contributed by atoms with Crippen LogP contribution in [0.1, 0.15) is 17.2 Å². The molecule has 1 aromatic carbocycles. The zero-order valence-corrected chi connectivity index (χ0v) is 10.8. The van der Waals surface area contributed by atoms with Crippen LogP contribution in [0.3, 0.4) is 0 Å². The summed E-state index contributed by atoms with van der Waals surface area (Å²) >= 11 is 0. The summed E-state index contributed by atoms with van der Waals surface area (Å²) in [6.07, 6.45) is 4.63. The van der Waals surface area contributed by atoms with E-state index in [0.29, 0.717) is 6.04 Å². The molecular weight excluding hydrogens is 224 g/mol. The average molecular weight is 242 g/mol. The van der Waals surface area contributed by atoms with Gasteiger partial charge in [-0.15, -0.1) is 0 Å². The van der Waals surface area contributed by atoms with Crippen molar-refractivity contribution in [3.05, 3.63) is 59.9 Å². The van der Waals surface area contributed by atoms with E-state index in [1.54, 1.807) is 13.3 Å². The van der Waals surface area contributed by atoms with Crippen molar-refractivity contribution in [2.24, 2.45) is 0 Å². The van der Waals surface area contributed by atoms with E-state index >= 15 is 0 Å². The maximum Gasteiger partial charge on any atom is 0.118 e. The summed E-state index contributed by atoms with van der Waals surface area (Å²) in [5, 5.41) is 3.34. The molecule has 0 saturated carbocycles. The van der Waals surface area contributed by atoms with E-state index in [1.807, 2.05) is 31.4 Å². The molecule has 3 heteroatoms. The zero-order valence-electron chi connectivity index (χ0n) is 10.8. The van der Waals surface area contributed by atoms with Gasteiger partial charge in [-0.25, -0.2) is 0 Å². The molecule has 0 saturated heterocycles. The van der Waals surface area contributed by atoms with Crippen LogP contribution in [0.5, 0.6) is 5.75 Å². The second kappa shape index (κ2) is 6.17. The van der Waals surface area contributed by atoms with Crippen LogP contribution in [0.2, 0.25) is 0 Å². The zero-order chi connectivity index (χ0) is 12.8. The smallest absolute Gasteiger partial charge is 0.118 e. The van der Waals surface area contributed by atoms with Crippen LogP contribution in [-0.4, -0.2) is 19.1 Å². The highest BCUT2D eigenvalue weighted by Gasteiger charge is 2.10. The maximum absolute atomic E-state index is 5.17. The third-order valence-corrected chi connectivity index (χ3v) is 3.03. The lowest BCUT2D eigenvalue weighted by molar-refractivity contribution is 0.414. The molecule has 18 heavy (non-hydrogen) atoms. The molecule has 0 bridgehead atoms. The normalized spacial score (nSPS) is 12.1. The van der Waals surface area contributed by atoms with Gasteiger partial charge in [0.05, 0.1) is 7.11 Å². The van der Waals surface area contributed by atoms with Gasteiger partial charge >= 0.3 is 0 Å². The first-order valence-corrected chi connectivity index (χ1v) is 6.03. The maximum atomic E-state index is 5.17. The number of benzene rings is 1. The van der Waals surface area contributed by atoms with E-state index < -0.39 is 0 Å². The molecule has 0 radical (unpaired) electrons. The molecule has 0 spiro atoms. The lowest BCUT2D eigenvalue weighted by atomic mass is 10.00. The second-order valence-electron chi connectivity index (χ2n) is 4.18. The molecule has 3 nitrogen and oxygen atoms in total. The quantitative estimate of drug-likeness (QED) is 0.875. The average Bonchev–Trinajstić information content (AvgIpc) is 2.46. The van der Waals surface area contributed by atoms with Crippen molar-refractivity contribution >= 4 is 0 Å². The summed E-state index contributed by atoms with van der Waals surface area (Å²) < 4.78 is 5.17. The van der Waals surface area contributed by atoms with Gasteiger partial charge in [-0.1, -0.05) is 18.2 Å². The van der Waals surface area contributed by atoms with Crippen LogP contribution in [0.15, 0.2) is 48.8 Å². The van der Waals surface area contributed by atoms with Crippen molar-refractivity contribution < 1.29 is 4.74 Å². The summed E-state index contributed by atoms with van der Waals surface area (Å²) in [4.78, 5) is 4.15. The molecule has 0 aliphatic heterocycles. The Bertz CT molecular complexity index is 468. The Balaban J connectivity index is 2.12. The van der Waals surface area contributed by atoms with Gasteiger partial charge in [0, 0.05) is 18.4 Å². The minimum Gasteiger partial charge on any atom is -0.497 e. The summed E-state index contributed by atoms with van der Waals surface area (Å²) in [6, 6.07) is 12.5. The number of nitrogens with zero attached hydrogens (tertiary/aromatic N) is 1. The summed E-state index contributed by atoms with van der Waals surface area (Å²) in [7, 11) is 3.66. The van der Waals surface area contributed by atoms with Crippen molar-refractivity contribution in [2.75, 3.05) is 14.2 Å². The number of pyridine rings is 1. The van der Waals surface area contributed by atoms with Crippen molar-refractivity contribution in [1.82, 2.24) is 10.3 Å². The first-order valence-electron chi connectivity index (χ1n) is 6.03. The van der Waals surface area contributed by atoms with Crippen LogP contribution >= 0.6 is 0 Å². The number of aromatic nitrogens is 1. The van der Waals surface area contributed by atoms with Crippen molar-refractivity contribution in [2.45, 2.75) is 12.5 Å². The number of ether oxygens (including phenoxy) is 1.